The normalized spacial score (nSPS) is 11.4. The van der Waals surface area contributed by atoms with Gasteiger partial charge in [-0.2, -0.15) is 8.75 Å². The zero-order valence-electron chi connectivity index (χ0n) is 18.9. The third-order valence-electron chi connectivity index (χ3n) is 5.19. The van der Waals surface area contributed by atoms with Gasteiger partial charge in [-0.15, -0.1) is 0 Å². The van der Waals surface area contributed by atoms with Crippen LogP contribution in [0.3, 0.4) is 0 Å². The van der Waals surface area contributed by atoms with Crippen LogP contribution in [0.15, 0.2) is 72.3 Å². The number of hydrogen-bond donors (Lipinski definition) is 0. The maximum Gasteiger partial charge on any atom is 1.00 e. The summed E-state index contributed by atoms with van der Waals surface area (Å²) in [5.41, 5.74) is 2.50. The smallest absolute Gasteiger partial charge is 0.545 e. The second kappa shape index (κ2) is 11.4. The van der Waals surface area contributed by atoms with Crippen LogP contribution in [0.4, 0.5) is 0 Å². The van der Waals surface area contributed by atoms with Crippen molar-refractivity contribution in [2.45, 2.75) is 6.42 Å². The van der Waals surface area contributed by atoms with Crippen molar-refractivity contribution in [1.82, 2.24) is 8.75 Å². The number of rotatable bonds is 8. The molecule has 34 heavy (non-hydrogen) atoms. The molecule has 0 bridgehead atoms. The molecule has 0 unspecified atom stereocenters. The van der Waals surface area contributed by atoms with Crippen LogP contribution >= 0.6 is 11.7 Å². The number of aromatic nitrogens is 2. The van der Waals surface area contributed by atoms with Gasteiger partial charge < -0.3 is 19.4 Å². The second-order valence-electron chi connectivity index (χ2n) is 7.17. The van der Waals surface area contributed by atoms with E-state index >= 15 is 0 Å². The van der Waals surface area contributed by atoms with Gasteiger partial charge in [-0.05, 0) is 35.4 Å². The molecule has 0 radical (unpaired) electrons. The summed E-state index contributed by atoms with van der Waals surface area (Å²) >= 11 is 1.03. The number of aliphatic carboxylic acids is 1. The van der Waals surface area contributed by atoms with Gasteiger partial charge in [0.05, 0.1) is 31.9 Å². The summed E-state index contributed by atoms with van der Waals surface area (Å²) in [6.07, 6.45) is 0.0464. The molecule has 0 aliphatic carbocycles. The van der Waals surface area contributed by atoms with Crippen molar-refractivity contribution in [1.29, 1.82) is 0 Å². The zero-order chi connectivity index (χ0) is 23.4. The largest absolute Gasteiger partial charge is 1.00 e. The van der Waals surface area contributed by atoms with E-state index in [4.69, 9.17) is 9.47 Å². The molecular weight excluding hydrogens is 463 g/mol. The number of carbonyl (C=O) groups is 2. The van der Waals surface area contributed by atoms with Crippen molar-refractivity contribution in [3.8, 4) is 11.5 Å². The van der Waals surface area contributed by atoms with Crippen molar-refractivity contribution < 1.29 is 53.7 Å². The maximum atomic E-state index is 13.5. The van der Waals surface area contributed by atoms with Crippen LogP contribution in [0.2, 0.25) is 0 Å². The standard InChI is InChI=1S/C25H20N2O5S.Na/c1-31-21-11-8-15(13-22(21)32-2)12-18(24(28)16-6-4-3-5-7-16)23(25(29)30)17-9-10-19-20(14-17)27-33-26-19;/h3-11,13-14H,12H2,1-2H3,(H,29,30);/q;+1/p-1. The SMILES string of the molecule is COc1ccc(CC(C(=O)c2ccccc2)=C(C(=O)[O-])c2ccc3nsnc3c2)cc1OC.[Na+]. The van der Waals surface area contributed by atoms with E-state index in [0.29, 0.717) is 39.2 Å². The minimum Gasteiger partial charge on any atom is -0.545 e. The van der Waals surface area contributed by atoms with Crippen molar-refractivity contribution in [2.24, 2.45) is 0 Å². The van der Waals surface area contributed by atoms with Gasteiger partial charge in [-0.1, -0.05) is 42.5 Å². The van der Waals surface area contributed by atoms with E-state index in [0.717, 1.165) is 11.7 Å². The summed E-state index contributed by atoms with van der Waals surface area (Å²) in [5.74, 6) is -0.840. The fourth-order valence-electron chi connectivity index (χ4n) is 3.59. The van der Waals surface area contributed by atoms with Crippen LogP contribution in [-0.2, 0) is 11.2 Å². The van der Waals surface area contributed by atoms with Gasteiger partial charge in [0.25, 0.3) is 0 Å². The molecule has 4 aromatic rings. The van der Waals surface area contributed by atoms with E-state index in [1.807, 2.05) is 0 Å². The fourth-order valence-corrected chi connectivity index (χ4v) is 4.11. The minimum absolute atomic E-state index is 0. The van der Waals surface area contributed by atoms with Gasteiger partial charge in [0.1, 0.15) is 11.0 Å². The zero-order valence-corrected chi connectivity index (χ0v) is 21.7. The second-order valence-corrected chi connectivity index (χ2v) is 7.70. The van der Waals surface area contributed by atoms with Crippen LogP contribution in [-0.4, -0.2) is 34.7 Å². The number of nitrogens with zero attached hydrogens (tertiary/aromatic N) is 2. The summed E-state index contributed by atoms with van der Waals surface area (Å²) in [4.78, 5) is 25.9. The molecule has 0 saturated heterocycles. The molecule has 166 valence electrons. The summed E-state index contributed by atoms with van der Waals surface area (Å²) in [6, 6.07) is 18.6. The van der Waals surface area contributed by atoms with Gasteiger partial charge in [-0.25, -0.2) is 0 Å². The number of carboxylic acids is 1. The van der Waals surface area contributed by atoms with E-state index in [1.165, 1.54) is 14.2 Å². The number of hydrogen-bond acceptors (Lipinski definition) is 8. The van der Waals surface area contributed by atoms with Gasteiger partial charge in [0.15, 0.2) is 17.3 Å². The quantitative estimate of drug-likeness (QED) is 0.203. The Morgan fingerprint density at radius 2 is 1.56 bits per heavy atom. The summed E-state index contributed by atoms with van der Waals surface area (Å²) in [7, 11) is 3.04. The maximum absolute atomic E-state index is 13.5. The van der Waals surface area contributed by atoms with Crippen LogP contribution in [0.1, 0.15) is 21.5 Å². The number of fused-ring (bicyclic) bond motifs is 1. The summed E-state index contributed by atoms with van der Waals surface area (Å²) < 4.78 is 19.0. The fraction of sp³-hybridized carbons (Fsp3) is 0.120. The molecule has 9 heteroatoms. The Hall–Kier alpha value is -3.04. The Kier molecular flexibility index (Phi) is 8.57. The monoisotopic (exact) mass is 482 g/mol. The van der Waals surface area contributed by atoms with E-state index in [-0.39, 0.29) is 47.1 Å². The van der Waals surface area contributed by atoms with Gasteiger partial charge in [-0.3, -0.25) is 4.79 Å². The number of methoxy groups -OCH3 is 2. The first-order valence-corrected chi connectivity index (χ1v) is 10.7. The van der Waals surface area contributed by atoms with Crippen molar-refractivity contribution in [3.05, 3.63) is 89.0 Å². The third-order valence-corrected chi connectivity index (χ3v) is 5.74. The molecule has 0 saturated carbocycles. The number of ketones is 1. The molecular formula is C25H19N2NaO5S. The van der Waals surface area contributed by atoms with Crippen LogP contribution < -0.4 is 44.1 Å². The molecule has 0 aliphatic rings. The van der Waals surface area contributed by atoms with Crippen molar-refractivity contribution in [3.63, 3.8) is 0 Å². The minimum atomic E-state index is -1.45. The van der Waals surface area contributed by atoms with E-state index in [2.05, 4.69) is 8.75 Å². The summed E-state index contributed by atoms with van der Waals surface area (Å²) in [6.45, 7) is 0. The predicted molar refractivity (Wildman–Crippen MR) is 123 cm³/mol. The van der Waals surface area contributed by atoms with Gasteiger partial charge in [0, 0.05) is 23.1 Å². The Bertz CT molecular complexity index is 1370. The van der Waals surface area contributed by atoms with Gasteiger partial charge >= 0.3 is 29.6 Å². The van der Waals surface area contributed by atoms with Crippen LogP contribution in [0.5, 0.6) is 11.5 Å². The molecule has 0 fully saturated rings. The van der Waals surface area contributed by atoms with Crippen molar-refractivity contribution in [2.75, 3.05) is 14.2 Å². The average molecular weight is 482 g/mol. The van der Waals surface area contributed by atoms with Gasteiger partial charge in [0.2, 0.25) is 0 Å². The molecule has 1 aromatic heterocycles. The first kappa shape index (κ1) is 25.6. The Morgan fingerprint density at radius 1 is 0.853 bits per heavy atom. The molecule has 0 spiro atoms. The molecule has 3 aromatic carbocycles. The molecule has 0 atom stereocenters. The van der Waals surface area contributed by atoms with Crippen LogP contribution in [0.25, 0.3) is 16.6 Å². The predicted octanol–water partition coefficient (Wildman–Crippen LogP) is 0.342. The Morgan fingerprint density at radius 3 is 2.24 bits per heavy atom. The molecule has 0 amide bonds. The van der Waals surface area contributed by atoms with E-state index in [1.54, 1.807) is 66.7 Å². The molecule has 1 heterocycles. The summed E-state index contributed by atoms with van der Waals surface area (Å²) in [5, 5.41) is 12.4. The van der Waals surface area contributed by atoms with Crippen molar-refractivity contribution >= 4 is 40.1 Å². The number of carboxylic acid groups (broad SMARTS) is 1. The Balaban J connectivity index is 0.00000324. The Labute approximate surface area is 222 Å². The first-order chi connectivity index (χ1) is 16.0. The number of ether oxygens (including phenoxy) is 2. The number of carbonyl (C=O) groups excluding carboxylic acids is 2. The molecule has 0 N–H and O–H groups in total. The average Bonchev–Trinajstić information content (AvgIpc) is 3.31. The third kappa shape index (κ3) is 5.37. The molecule has 4 rings (SSSR count). The number of benzene rings is 3. The van der Waals surface area contributed by atoms with Crippen LogP contribution in [0, 0.1) is 0 Å². The number of allylic oxidation sites excluding steroid dienone is 1. The molecule has 0 aliphatic heterocycles. The molecule has 7 nitrogen and oxygen atoms in total. The topological polar surface area (TPSA) is 101 Å². The first-order valence-electron chi connectivity index (χ1n) is 9.99. The van der Waals surface area contributed by atoms with E-state index in [9.17, 15) is 14.7 Å². The number of Topliss-reactive ketones (excluding diaryl/α,β-unsaturated/α-hetero) is 1. The van der Waals surface area contributed by atoms with E-state index < -0.39 is 11.8 Å².